The molecule has 0 spiro atoms. The number of benzene rings is 2. The molecule has 0 saturated heterocycles. The molecule has 2 aromatic rings. The van der Waals surface area contributed by atoms with Crippen LogP contribution in [0.1, 0.15) is 5.56 Å². The van der Waals surface area contributed by atoms with Crippen LogP contribution in [0.2, 0.25) is 0 Å². The minimum absolute atomic E-state index is 0.192. The summed E-state index contributed by atoms with van der Waals surface area (Å²) in [6.07, 6.45) is -0.671. The lowest BCUT2D eigenvalue weighted by atomic mass is 10.1. The van der Waals surface area contributed by atoms with E-state index < -0.39 is 6.10 Å². The van der Waals surface area contributed by atoms with Gasteiger partial charge >= 0.3 is 0 Å². The minimum atomic E-state index is -0.671. The van der Waals surface area contributed by atoms with E-state index in [0.29, 0.717) is 6.54 Å². The highest BCUT2D eigenvalue weighted by molar-refractivity contribution is 5.82. The zero-order valence-corrected chi connectivity index (χ0v) is 10.6. The number of nitrogens with zero attached hydrogens (tertiary/aromatic N) is 1. The summed E-state index contributed by atoms with van der Waals surface area (Å²) in [4.78, 5) is 2.00. The second kappa shape index (κ2) is 5.96. The Kier molecular flexibility index (Phi) is 4.31. The van der Waals surface area contributed by atoms with Crippen molar-refractivity contribution in [2.45, 2.75) is 12.6 Å². The Morgan fingerprint density at radius 2 is 1.83 bits per heavy atom. The van der Waals surface area contributed by atoms with Gasteiger partial charge in [0.1, 0.15) is 0 Å². The smallest absolute Gasteiger partial charge is 0.0897 e. The first-order valence-electron chi connectivity index (χ1n) is 6.14. The maximum Gasteiger partial charge on any atom is 0.0897 e. The lowest BCUT2D eigenvalue weighted by molar-refractivity contribution is 0.0648. The van der Waals surface area contributed by atoms with Crippen LogP contribution in [0, 0.1) is 0 Å². The number of fused-ring (bicyclic) bond motifs is 1. The van der Waals surface area contributed by atoms with E-state index in [-0.39, 0.29) is 6.61 Å². The standard InChI is InChI=1S/C15H19NO2/c1-16(10-15(18)11-17)9-12-6-7-13-4-2-3-5-14(13)8-12/h2-8,15,17-18H,9-11H2,1H3. The van der Waals surface area contributed by atoms with Crippen molar-refractivity contribution in [2.75, 3.05) is 20.2 Å². The van der Waals surface area contributed by atoms with Crippen LogP contribution in [0.15, 0.2) is 42.5 Å². The van der Waals surface area contributed by atoms with Gasteiger partial charge in [-0.3, -0.25) is 4.90 Å². The molecule has 18 heavy (non-hydrogen) atoms. The molecule has 0 fully saturated rings. The monoisotopic (exact) mass is 245 g/mol. The van der Waals surface area contributed by atoms with Gasteiger partial charge in [-0.1, -0.05) is 36.4 Å². The van der Waals surface area contributed by atoms with E-state index in [1.165, 1.54) is 16.3 Å². The van der Waals surface area contributed by atoms with Crippen LogP contribution >= 0.6 is 0 Å². The summed E-state index contributed by atoms with van der Waals surface area (Å²) < 4.78 is 0. The number of rotatable bonds is 5. The van der Waals surface area contributed by atoms with E-state index in [9.17, 15) is 5.11 Å². The molecule has 0 saturated carbocycles. The molecule has 1 unspecified atom stereocenters. The molecule has 0 aromatic heterocycles. The van der Waals surface area contributed by atoms with Gasteiger partial charge in [0, 0.05) is 13.1 Å². The van der Waals surface area contributed by atoms with Crippen LogP contribution in [0.5, 0.6) is 0 Å². The molecule has 3 nitrogen and oxygen atoms in total. The molecule has 0 aliphatic rings. The normalized spacial score (nSPS) is 13.1. The molecule has 2 rings (SSSR count). The van der Waals surface area contributed by atoms with Gasteiger partial charge in [0.25, 0.3) is 0 Å². The third-order valence-electron chi connectivity index (χ3n) is 3.00. The second-order valence-corrected chi connectivity index (χ2v) is 4.71. The van der Waals surface area contributed by atoms with Crippen LogP contribution in [-0.4, -0.2) is 41.4 Å². The summed E-state index contributed by atoms with van der Waals surface area (Å²) in [5.41, 5.74) is 1.21. The van der Waals surface area contributed by atoms with Gasteiger partial charge in [0.05, 0.1) is 12.7 Å². The Morgan fingerprint density at radius 1 is 1.11 bits per heavy atom. The highest BCUT2D eigenvalue weighted by Gasteiger charge is 2.07. The number of aliphatic hydroxyl groups is 2. The molecule has 96 valence electrons. The van der Waals surface area contributed by atoms with Crippen molar-refractivity contribution in [1.29, 1.82) is 0 Å². The number of aliphatic hydroxyl groups excluding tert-OH is 2. The highest BCUT2D eigenvalue weighted by Crippen LogP contribution is 2.16. The first-order valence-corrected chi connectivity index (χ1v) is 6.14. The third-order valence-corrected chi connectivity index (χ3v) is 3.00. The van der Waals surface area contributed by atoms with Gasteiger partial charge in [0.2, 0.25) is 0 Å². The fourth-order valence-corrected chi connectivity index (χ4v) is 2.13. The lowest BCUT2D eigenvalue weighted by Crippen LogP contribution is -2.30. The molecular weight excluding hydrogens is 226 g/mol. The summed E-state index contributed by atoms with van der Waals surface area (Å²) in [6.45, 7) is 1.05. The average Bonchev–Trinajstić information content (AvgIpc) is 2.38. The maximum atomic E-state index is 9.39. The Hall–Kier alpha value is -1.42. The van der Waals surface area contributed by atoms with E-state index in [2.05, 4.69) is 30.3 Å². The van der Waals surface area contributed by atoms with Gasteiger partial charge in [-0.05, 0) is 29.4 Å². The maximum absolute atomic E-state index is 9.39. The molecule has 0 radical (unpaired) electrons. The van der Waals surface area contributed by atoms with Crippen molar-refractivity contribution in [2.24, 2.45) is 0 Å². The quantitative estimate of drug-likeness (QED) is 0.841. The van der Waals surface area contributed by atoms with Gasteiger partial charge in [-0.15, -0.1) is 0 Å². The van der Waals surface area contributed by atoms with Crippen LogP contribution in [0.4, 0.5) is 0 Å². The highest BCUT2D eigenvalue weighted by atomic mass is 16.3. The summed E-state index contributed by atoms with van der Waals surface area (Å²) in [5, 5.41) is 20.7. The molecule has 0 heterocycles. The topological polar surface area (TPSA) is 43.7 Å². The van der Waals surface area contributed by atoms with Gasteiger partial charge in [-0.25, -0.2) is 0 Å². The largest absolute Gasteiger partial charge is 0.394 e. The Bertz CT molecular complexity index is 513. The predicted octanol–water partition coefficient (Wildman–Crippen LogP) is 1.62. The molecule has 1 atom stereocenters. The number of likely N-dealkylation sites (N-methyl/N-ethyl adjacent to an activating group) is 1. The summed E-state index contributed by atoms with van der Waals surface area (Å²) in [6, 6.07) is 14.6. The van der Waals surface area contributed by atoms with Crippen LogP contribution in [-0.2, 0) is 6.54 Å². The summed E-state index contributed by atoms with van der Waals surface area (Å²) in [7, 11) is 1.94. The third kappa shape index (κ3) is 3.29. The molecule has 0 aliphatic heterocycles. The van der Waals surface area contributed by atoms with E-state index in [1.54, 1.807) is 0 Å². The molecule has 2 N–H and O–H groups in total. The number of hydrogen-bond donors (Lipinski definition) is 2. The predicted molar refractivity (Wildman–Crippen MR) is 73.4 cm³/mol. The SMILES string of the molecule is CN(Cc1ccc2ccccc2c1)CC(O)CO. The van der Waals surface area contributed by atoms with E-state index in [0.717, 1.165) is 6.54 Å². The zero-order chi connectivity index (χ0) is 13.0. The van der Waals surface area contributed by atoms with Crippen molar-refractivity contribution in [1.82, 2.24) is 4.90 Å². The van der Waals surface area contributed by atoms with Gasteiger partial charge in [-0.2, -0.15) is 0 Å². The van der Waals surface area contributed by atoms with Crippen molar-refractivity contribution < 1.29 is 10.2 Å². The van der Waals surface area contributed by atoms with E-state index >= 15 is 0 Å². The first-order chi connectivity index (χ1) is 8.69. The zero-order valence-electron chi connectivity index (χ0n) is 10.6. The number of hydrogen-bond acceptors (Lipinski definition) is 3. The molecule has 3 heteroatoms. The Morgan fingerprint density at radius 3 is 2.56 bits per heavy atom. The van der Waals surface area contributed by atoms with Crippen LogP contribution < -0.4 is 0 Å². The first kappa shape index (κ1) is 13.0. The molecule has 0 aliphatic carbocycles. The van der Waals surface area contributed by atoms with Gasteiger partial charge in [0.15, 0.2) is 0 Å². The van der Waals surface area contributed by atoms with Crippen molar-refractivity contribution in [3.63, 3.8) is 0 Å². The summed E-state index contributed by atoms with van der Waals surface area (Å²) in [5.74, 6) is 0. The Balaban J connectivity index is 2.07. The van der Waals surface area contributed by atoms with E-state index in [4.69, 9.17) is 5.11 Å². The average molecular weight is 245 g/mol. The fourth-order valence-electron chi connectivity index (χ4n) is 2.13. The van der Waals surface area contributed by atoms with Crippen LogP contribution in [0.3, 0.4) is 0 Å². The minimum Gasteiger partial charge on any atom is -0.394 e. The Labute approximate surface area is 107 Å². The lowest BCUT2D eigenvalue weighted by Gasteiger charge is -2.19. The van der Waals surface area contributed by atoms with Crippen molar-refractivity contribution >= 4 is 10.8 Å². The van der Waals surface area contributed by atoms with E-state index in [1.807, 2.05) is 24.1 Å². The molecule has 0 bridgehead atoms. The van der Waals surface area contributed by atoms with Crippen molar-refractivity contribution in [3.8, 4) is 0 Å². The summed E-state index contributed by atoms with van der Waals surface area (Å²) >= 11 is 0. The van der Waals surface area contributed by atoms with Gasteiger partial charge < -0.3 is 10.2 Å². The molecule has 0 amide bonds. The van der Waals surface area contributed by atoms with Crippen molar-refractivity contribution in [3.05, 3.63) is 48.0 Å². The second-order valence-electron chi connectivity index (χ2n) is 4.71. The fraction of sp³-hybridized carbons (Fsp3) is 0.333. The van der Waals surface area contributed by atoms with Crippen LogP contribution in [0.25, 0.3) is 10.8 Å². The molecular formula is C15H19NO2. The molecule has 2 aromatic carbocycles.